The summed E-state index contributed by atoms with van der Waals surface area (Å²) in [5.74, 6) is -0.458. The zero-order valence-corrected chi connectivity index (χ0v) is 8.48. The first-order valence-electron chi connectivity index (χ1n) is 3.39. The van der Waals surface area contributed by atoms with Gasteiger partial charge in [0.15, 0.2) is 15.6 Å². The SMILES string of the molecule is CS(=O)(=O)c1ccc(C(=O)CO)s1. The van der Waals surface area contributed by atoms with Crippen LogP contribution in [-0.4, -0.2) is 32.2 Å². The average Bonchev–Trinajstić information content (AvgIpc) is 2.50. The standard InChI is InChI=1S/C7H8O4S2/c1-13(10,11)7-3-2-6(12-7)5(9)4-8/h2-3,8H,4H2,1H3. The molecule has 0 amide bonds. The van der Waals surface area contributed by atoms with Crippen LogP contribution in [0, 0.1) is 0 Å². The second kappa shape index (κ2) is 3.57. The number of aliphatic hydroxyl groups excluding tert-OH is 1. The molecule has 0 atom stereocenters. The second-order valence-corrected chi connectivity index (χ2v) is 5.80. The van der Waals surface area contributed by atoms with Gasteiger partial charge in [-0.2, -0.15) is 0 Å². The summed E-state index contributed by atoms with van der Waals surface area (Å²) >= 11 is 0.875. The largest absolute Gasteiger partial charge is 0.388 e. The first-order chi connectivity index (χ1) is 5.95. The molecule has 72 valence electrons. The van der Waals surface area contributed by atoms with Crippen LogP contribution in [0.1, 0.15) is 9.67 Å². The maximum Gasteiger partial charge on any atom is 0.198 e. The van der Waals surface area contributed by atoms with Crippen molar-refractivity contribution in [3.8, 4) is 0 Å². The number of carbonyl (C=O) groups is 1. The second-order valence-electron chi connectivity index (χ2n) is 2.47. The van der Waals surface area contributed by atoms with Crippen LogP contribution in [0.5, 0.6) is 0 Å². The van der Waals surface area contributed by atoms with E-state index in [2.05, 4.69) is 0 Å². The lowest BCUT2D eigenvalue weighted by molar-refractivity contribution is 0.0908. The van der Waals surface area contributed by atoms with Crippen molar-refractivity contribution in [3.05, 3.63) is 17.0 Å². The molecule has 6 heteroatoms. The van der Waals surface area contributed by atoms with Gasteiger partial charge in [-0.1, -0.05) is 0 Å². The fourth-order valence-electron chi connectivity index (χ4n) is 0.747. The summed E-state index contributed by atoms with van der Waals surface area (Å²) in [4.78, 5) is 11.2. The van der Waals surface area contributed by atoms with Crippen LogP contribution in [0.2, 0.25) is 0 Å². The minimum Gasteiger partial charge on any atom is -0.388 e. The van der Waals surface area contributed by atoms with E-state index in [1.165, 1.54) is 12.1 Å². The summed E-state index contributed by atoms with van der Waals surface area (Å²) in [5.41, 5.74) is 0. The third-order valence-corrected chi connectivity index (χ3v) is 4.31. The molecular formula is C7H8O4S2. The Bertz CT molecular complexity index is 415. The van der Waals surface area contributed by atoms with Crippen LogP contribution in [0.25, 0.3) is 0 Å². The van der Waals surface area contributed by atoms with Crippen molar-refractivity contribution in [1.82, 2.24) is 0 Å². The summed E-state index contributed by atoms with van der Waals surface area (Å²) in [7, 11) is -3.24. The number of Topliss-reactive ketones (excluding diaryl/α,β-unsaturated/α-hetero) is 1. The minimum absolute atomic E-state index is 0.143. The smallest absolute Gasteiger partial charge is 0.198 e. The molecule has 0 aliphatic rings. The zero-order chi connectivity index (χ0) is 10.1. The van der Waals surface area contributed by atoms with E-state index in [9.17, 15) is 13.2 Å². The lowest BCUT2D eigenvalue weighted by atomic mass is 10.3. The first-order valence-corrected chi connectivity index (χ1v) is 6.10. The molecule has 0 aliphatic carbocycles. The molecule has 0 bridgehead atoms. The fraction of sp³-hybridized carbons (Fsp3) is 0.286. The van der Waals surface area contributed by atoms with E-state index < -0.39 is 22.2 Å². The summed E-state index contributed by atoms with van der Waals surface area (Å²) in [6, 6.07) is 2.77. The fourth-order valence-corrected chi connectivity index (χ4v) is 2.60. The number of hydrogen-bond donors (Lipinski definition) is 1. The number of hydrogen-bond acceptors (Lipinski definition) is 5. The van der Waals surface area contributed by atoms with Crippen LogP contribution in [-0.2, 0) is 9.84 Å². The number of sulfone groups is 1. The predicted molar refractivity (Wildman–Crippen MR) is 48.8 cm³/mol. The van der Waals surface area contributed by atoms with Gasteiger partial charge in [-0.25, -0.2) is 8.42 Å². The molecule has 1 N–H and O–H groups in total. The highest BCUT2D eigenvalue weighted by Gasteiger charge is 2.13. The van der Waals surface area contributed by atoms with E-state index in [4.69, 9.17) is 5.11 Å². The Morgan fingerprint density at radius 1 is 1.54 bits per heavy atom. The molecular weight excluding hydrogens is 212 g/mol. The van der Waals surface area contributed by atoms with Gasteiger partial charge in [0.1, 0.15) is 10.8 Å². The Balaban J connectivity index is 3.07. The van der Waals surface area contributed by atoms with Crippen LogP contribution in [0.4, 0.5) is 0 Å². The lowest BCUT2D eigenvalue weighted by Gasteiger charge is -1.90. The third kappa shape index (κ3) is 2.36. The van der Waals surface area contributed by atoms with Crippen molar-refractivity contribution in [2.75, 3.05) is 12.9 Å². The van der Waals surface area contributed by atoms with Gasteiger partial charge in [0, 0.05) is 6.26 Å². The van der Waals surface area contributed by atoms with Crippen molar-refractivity contribution in [2.45, 2.75) is 4.21 Å². The van der Waals surface area contributed by atoms with E-state index in [0.717, 1.165) is 17.6 Å². The summed E-state index contributed by atoms with van der Waals surface area (Å²) < 4.78 is 22.1. The Labute approximate surface area is 79.7 Å². The molecule has 0 fully saturated rings. The molecule has 1 aromatic heterocycles. The van der Waals surface area contributed by atoms with Gasteiger partial charge in [-0.05, 0) is 12.1 Å². The van der Waals surface area contributed by atoms with Gasteiger partial charge in [-0.15, -0.1) is 11.3 Å². The molecule has 1 aromatic rings. The van der Waals surface area contributed by atoms with Crippen molar-refractivity contribution < 1.29 is 18.3 Å². The first kappa shape index (κ1) is 10.4. The normalized spacial score (nSPS) is 11.5. The number of rotatable bonds is 3. The summed E-state index contributed by atoms with van der Waals surface area (Å²) in [6.07, 6.45) is 1.08. The lowest BCUT2D eigenvalue weighted by Crippen LogP contribution is -2.00. The van der Waals surface area contributed by atoms with Crippen LogP contribution in [0.15, 0.2) is 16.3 Å². The van der Waals surface area contributed by atoms with E-state index in [0.29, 0.717) is 0 Å². The van der Waals surface area contributed by atoms with E-state index in [1.54, 1.807) is 0 Å². The average molecular weight is 220 g/mol. The number of aliphatic hydroxyl groups is 1. The Kier molecular flexibility index (Phi) is 2.84. The number of ketones is 1. The van der Waals surface area contributed by atoms with Crippen molar-refractivity contribution in [2.24, 2.45) is 0 Å². The van der Waals surface area contributed by atoms with Gasteiger partial charge >= 0.3 is 0 Å². The minimum atomic E-state index is -3.24. The monoisotopic (exact) mass is 220 g/mol. The van der Waals surface area contributed by atoms with Crippen LogP contribution < -0.4 is 0 Å². The van der Waals surface area contributed by atoms with Crippen molar-refractivity contribution >= 4 is 27.0 Å². The summed E-state index contributed by atoms with van der Waals surface area (Å²) in [5, 5.41) is 8.51. The molecule has 0 saturated heterocycles. The molecule has 0 aliphatic heterocycles. The van der Waals surface area contributed by atoms with Gasteiger partial charge in [0.2, 0.25) is 0 Å². The van der Waals surface area contributed by atoms with Crippen LogP contribution in [0.3, 0.4) is 0 Å². The van der Waals surface area contributed by atoms with Gasteiger partial charge < -0.3 is 5.11 Å². The Morgan fingerprint density at radius 2 is 2.15 bits per heavy atom. The third-order valence-electron chi connectivity index (χ3n) is 1.37. The van der Waals surface area contributed by atoms with Gasteiger partial charge in [-0.3, -0.25) is 4.79 Å². The molecule has 0 aromatic carbocycles. The quantitative estimate of drug-likeness (QED) is 0.745. The van der Waals surface area contributed by atoms with Gasteiger partial charge in [0.25, 0.3) is 0 Å². The zero-order valence-electron chi connectivity index (χ0n) is 6.85. The Hall–Kier alpha value is -0.720. The van der Waals surface area contributed by atoms with Crippen molar-refractivity contribution in [3.63, 3.8) is 0 Å². The molecule has 4 nitrogen and oxygen atoms in total. The molecule has 1 rings (SSSR count). The van der Waals surface area contributed by atoms with E-state index >= 15 is 0 Å². The van der Waals surface area contributed by atoms with Crippen LogP contribution >= 0.6 is 11.3 Å². The van der Waals surface area contributed by atoms with E-state index in [1.807, 2.05) is 0 Å². The molecule has 0 unspecified atom stereocenters. The molecule has 13 heavy (non-hydrogen) atoms. The van der Waals surface area contributed by atoms with Gasteiger partial charge in [0.05, 0.1) is 4.88 Å². The molecule has 0 spiro atoms. The number of carbonyl (C=O) groups excluding carboxylic acids is 1. The topological polar surface area (TPSA) is 71.4 Å². The Morgan fingerprint density at radius 3 is 2.54 bits per heavy atom. The van der Waals surface area contributed by atoms with E-state index in [-0.39, 0.29) is 9.09 Å². The molecule has 0 saturated carbocycles. The summed E-state index contributed by atoms with van der Waals surface area (Å²) in [6.45, 7) is -0.594. The molecule has 1 heterocycles. The maximum absolute atomic E-state index is 11.0. The highest BCUT2D eigenvalue weighted by molar-refractivity contribution is 7.92. The molecule has 0 radical (unpaired) electrons. The van der Waals surface area contributed by atoms with Crippen molar-refractivity contribution in [1.29, 1.82) is 0 Å². The number of thiophene rings is 1. The highest BCUT2D eigenvalue weighted by atomic mass is 32.2. The highest BCUT2D eigenvalue weighted by Crippen LogP contribution is 2.21. The maximum atomic E-state index is 11.0. The predicted octanol–water partition coefficient (Wildman–Crippen LogP) is 0.327.